The van der Waals surface area contributed by atoms with Gasteiger partial charge in [0.2, 0.25) is 5.91 Å². The lowest BCUT2D eigenvalue weighted by atomic mass is 10.1. The number of esters is 1. The molecule has 0 bridgehead atoms. The van der Waals surface area contributed by atoms with Crippen LogP contribution in [0.5, 0.6) is 0 Å². The summed E-state index contributed by atoms with van der Waals surface area (Å²) < 4.78 is 10.6. The summed E-state index contributed by atoms with van der Waals surface area (Å²) >= 11 is 0. The molecular formula is C24H28N2O5. The molecule has 7 heteroatoms. The Morgan fingerprint density at radius 3 is 2.68 bits per heavy atom. The third-order valence-corrected chi connectivity index (χ3v) is 5.01. The number of aryl methyl sites for hydroxylation is 2. The van der Waals surface area contributed by atoms with Crippen molar-refractivity contribution in [2.45, 2.75) is 38.7 Å². The van der Waals surface area contributed by atoms with Crippen LogP contribution in [0.3, 0.4) is 0 Å². The molecule has 164 valence electrons. The average Bonchev–Trinajstić information content (AvgIpc) is 3.31. The number of hydrogen-bond donors (Lipinski definition) is 2. The largest absolute Gasteiger partial charge is 0.460 e. The maximum atomic E-state index is 12.2. The number of benzene rings is 2. The van der Waals surface area contributed by atoms with Crippen molar-refractivity contribution in [3.63, 3.8) is 0 Å². The van der Waals surface area contributed by atoms with E-state index in [1.165, 1.54) is 5.56 Å². The van der Waals surface area contributed by atoms with Crippen LogP contribution in [0.25, 0.3) is 0 Å². The first-order valence-corrected chi connectivity index (χ1v) is 10.5. The molecule has 1 atom stereocenters. The number of rotatable bonds is 9. The van der Waals surface area contributed by atoms with Gasteiger partial charge in [0.25, 0.3) is 5.91 Å². The molecule has 2 amide bonds. The average molecular weight is 424 g/mol. The quantitative estimate of drug-likeness (QED) is 0.477. The van der Waals surface area contributed by atoms with Crippen LogP contribution in [0.1, 0.15) is 40.7 Å². The number of hydrogen-bond acceptors (Lipinski definition) is 5. The van der Waals surface area contributed by atoms with Gasteiger partial charge in [-0.15, -0.1) is 0 Å². The Morgan fingerprint density at radius 2 is 1.94 bits per heavy atom. The molecule has 7 nitrogen and oxygen atoms in total. The Balaban J connectivity index is 1.36. The zero-order valence-corrected chi connectivity index (χ0v) is 17.7. The molecule has 1 heterocycles. The Bertz CT molecular complexity index is 904. The summed E-state index contributed by atoms with van der Waals surface area (Å²) in [6.45, 7) is 2.93. The molecule has 1 aliphatic rings. The van der Waals surface area contributed by atoms with E-state index in [9.17, 15) is 14.4 Å². The van der Waals surface area contributed by atoms with E-state index < -0.39 is 12.1 Å². The number of ether oxygens (including phenoxy) is 2. The van der Waals surface area contributed by atoms with E-state index >= 15 is 0 Å². The second-order valence-electron chi connectivity index (χ2n) is 7.54. The van der Waals surface area contributed by atoms with Crippen LogP contribution in [-0.4, -0.2) is 43.6 Å². The van der Waals surface area contributed by atoms with Gasteiger partial charge in [0.1, 0.15) is 12.7 Å². The van der Waals surface area contributed by atoms with Gasteiger partial charge in [0, 0.05) is 18.7 Å². The minimum Gasteiger partial charge on any atom is -0.460 e. The summed E-state index contributed by atoms with van der Waals surface area (Å²) in [7, 11) is 0. The zero-order chi connectivity index (χ0) is 22.1. The van der Waals surface area contributed by atoms with E-state index in [-0.39, 0.29) is 25.0 Å². The third kappa shape index (κ3) is 7.22. The molecule has 0 aliphatic carbocycles. The molecule has 1 unspecified atom stereocenters. The summed E-state index contributed by atoms with van der Waals surface area (Å²) in [6, 6.07) is 14.6. The summed E-state index contributed by atoms with van der Waals surface area (Å²) in [5.74, 6) is -0.811. The highest BCUT2D eigenvalue weighted by Gasteiger charge is 2.23. The van der Waals surface area contributed by atoms with E-state index in [1.54, 1.807) is 24.3 Å². The summed E-state index contributed by atoms with van der Waals surface area (Å²) in [5.41, 5.74) is 3.14. The highest BCUT2D eigenvalue weighted by molar-refractivity contribution is 5.96. The Morgan fingerprint density at radius 1 is 1.13 bits per heavy atom. The van der Waals surface area contributed by atoms with Crippen LogP contribution >= 0.6 is 0 Å². The van der Waals surface area contributed by atoms with Crippen molar-refractivity contribution in [3.8, 4) is 0 Å². The van der Waals surface area contributed by atoms with Gasteiger partial charge in [-0.2, -0.15) is 0 Å². The first kappa shape index (κ1) is 22.5. The maximum Gasteiger partial charge on any atom is 0.338 e. The van der Waals surface area contributed by atoms with Crippen LogP contribution in [0.4, 0.5) is 5.69 Å². The fourth-order valence-corrected chi connectivity index (χ4v) is 3.25. The van der Waals surface area contributed by atoms with Crippen LogP contribution in [0.15, 0.2) is 48.5 Å². The van der Waals surface area contributed by atoms with Crippen molar-refractivity contribution >= 4 is 23.5 Å². The molecule has 0 radical (unpaired) electrons. The minimum absolute atomic E-state index is 0.0710. The highest BCUT2D eigenvalue weighted by Crippen LogP contribution is 2.16. The Kier molecular flexibility index (Phi) is 8.18. The van der Waals surface area contributed by atoms with Crippen LogP contribution in [0.2, 0.25) is 0 Å². The predicted molar refractivity (Wildman–Crippen MR) is 117 cm³/mol. The number of anilines is 1. The van der Waals surface area contributed by atoms with Gasteiger partial charge < -0.3 is 20.1 Å². The fraction of sp³-hybridized carbons (Fsp3) is 0.375. The normalized spacial score (nSPS) is 15.3. The first-order chi connectivity index (χ1) is 15.0. The second kappa shape index (κ2) is 11.3. The number of carbonyl (C=O) groups excluding carboxylic acids is 3. The van der Waals surface area contributed by atoms with Crippen LogP contribution in [-0.2, 0) is 25.5 Å². The number of nitrogens with one attached hydrogen (secondary N) is 2. The van der Waals surface area contributed by atoms with E-state index in [2.05, 4.69) is 10.6 Å². The summed E-state index contributed by atoms with van der Waals surface area (Å²) in [6.07, 6.45) is 2.17. The Hall–Kier alpha value is -3.19. The Labute approximate surface area is 182 Å². The molecule has 31 heavy (non-hydrogen) atoms. The first-order valence-electron chi connectivity index (χ1n) is 10.5. The lowest BCUT2D eigenvalue weighted by Gasteiger charge is -2.11. The lowest BCUT2D eigenvalue weighted by molar-refractivity contribution is -0.124. The van der Waals surface area contributed by atoms with Crippen LogP contribution < -0.4 is 10.6 Å². The maximum absolute atomic E-state index is 12.2. The van der Waals surface area contributed by atoms with Gasteiger partial charge in [-0.25, -0.2) is 4.79 Å². The molecule has 0 spiro atoms. The van der Waals surface area contributed by atoms with Gasteiger partial charge in [-0.1, -0.05) is 35.9 Å². The van der Waals surface area contributed by atoms with E-state index in [0.717, 1.165) is 12.0 Å². The molecule has 2 N–H and O–H groups in total. The smallest absolute Gasteiger partial charge is 0.338 e. The van der Waals surface area contributed by atoms with Gasteiger partial charge >= 0.3 is 5.97 Å². The van der Waals surface area contributed by atoms with Crippen LogP contribution in [0, 0.1) is 6.92 Å². The number of amides is 2. The highest BCUT2D eigenvalue weighted by atomic mass is 16.5. The summed E-state index contributed by atoms with van der Waals surface area (Å²) in [4.78, 5) is 36.3. The van der Waals surface area contributed by atoms with Crippen molar-refractivity contribution in [1.82, 2.24) is 5.32 Å². The molecule has 1 aliphatic heterocycles. The molecule has 2 aromatic carbocycles. The third-order valence-electron chi connectivity index (χ3n) is 5.01. The SMILES string of the molecule is Cc1ccc(CCC(=O)NCCOC(=O)c2cccc(NC(=O)C3CCCO3)c2)cc1. The van der Waals surface area contributed by atoms with Gasteiger partial charge in [0.05, 0.1) is 12.1 Å². The van der Waals surface area contributed by atoms with Crippen molar-refractivity contribution in [2.75, 3.05) is 25.1 Å². The minimum atomic E-state index is -0.512. The monoisotopic (exact) mass is 424 g/mol. The van der Waals surface area contributed by atoms with Crippen molar-refractivity contribution in [3.05, 3.63) is 65.2 Å². The summed E-state index contributed by atoms with van der Waals surface area (Å²) in [5, 5.41) is 5.52. The molecule has 1 fully saturated rings. The molecule has 0 aromatic heterocycles. The molecule has 0 saturated carbocycles. The lowest BCUT2D eigenvalue weighted by Crippen LogP contribution is -2.28. The fourth-order valence-electron chi connectivity index (χ4n) is 3.25. The zero-order valence-electron chi connectivity index (χ0n) is 17.7. The number of carbonyl (C=O) groups is 3. The van der Waals surface area contributed by atoms with Gasteiger partial charge in [0.15, 0.2) is 0 Å². The topological polar surface area (TPSA) is 93.7 Å². The molecule has 3 rings (SSSR count). The molecule has 1 saturated heterocycles. The standard InChI is InChI=1S/C24H28N2O5/c1-17-7-9-18(10-8-17)11-12-22(27)25-13-15-31-24(29)19-4-2-5-20(16-19)26-23(28)21-6-3-14-30-21/h2,4-5,7-10,16,21H,3,6,11-15H2,1H3,(H,25,27)(H,26,28). The van der Waals surface area contributed by atoms with Crippen molar-refractivity contribution in [2.24, 2.45) is 0 Å². The van der Waals surface area contributed by atoms with Gasteiger partial charge in [-0.05, 0) is 49.9 Å². The molecular weight excluding hydrogens is 396 g/mol. The van der Waals surface area contributed by atoms with E-state index in [1.807, 2.05) is 31.2 Å². The van der Waals surface area contributed by atoms with Crippen molar-refractivity contribution < 1.29 is 23.9 Å². The predicted octanol–water partition coefficient (Wildman–Crippen LogP) is 3.02. The second-order valence-corrected chi connectivity index (χ2v) is 7.54. The van der Waals surface area contributed by atoms with Gasteiger partial charge in [-0.3, -0.25) is 9.59 Å². The van der Waals surface area contributed by atoms with Crippen molar-refractivity contribution in [1.29, 1.82) is 0 Å². The van der Waals surface area contributed by atoms with E-state index in [0.29, 0.717) is 37.1 Å². The van der Waals surface area contributed by atoms with E-state index in [4.69, 9.17) is 9.47 Å². The molecule has 2 aromatic rings.